The largest absolute Gasteiger partial charge is 0.465 e. The number of hydrogen-bond donors (Lipinski definition) is 1. The molecular formula is C14H13NO4S. The molecule has 1 N–H and O–H groups in total. The van der Waals surface area contributed by atoms with Gasteiger partial charge in [0.15, 0.2) is 9.84 Å². The van der Waals surface area contributed by atoms with E-state index in [4.69, 9.17) is 4.42 Å². The van der Waals surface area contributed by atoms with Gasteiger partial charge in [-0.05, 0) is 42.5 Å². The summed E-state index contributed by atoms with van der Waals surface area (Å²) in [5.41, 5.74) is 0.520. The highest BCUT2D eigenvalue weighted by Crippen LogP contribution is 2.14. The number of anilines is 1. The molecule has 0 unspecified atom stereocenters. The van der Waals surface area contributed by atoms with Gasteiger partial charge in [-0.2, -0.15) is 0 Å². The van der Waals surface area contributed by atoms with Crippen molar-refractivity contribution in [2.24, 2.45) is 0 Å². The Morgan fingerprint density at radius 2 is 1.90 bits per heavy atom. The van der Waals surface area contributed by atoms with Crippen molar-refractivity contribution < 1.29 is 17.6 Å². The first-order valence-corrected chi connectivity index (χ1v) is 7.67. The average molecular weight is 291 g/mol. The summed E-state index contributed by atoms with van der Waals surface area (Å²) in [6, 6.07) is 9.42. The Balaban J connectivity index is 2.01. The minimum Gasteiger partial charge on any atom is -0.465 e. The molecule has 0 atom stereocenters. The summed E-state index contributed by atoms with van der Waals surface area (Å²) < 4.78 is 27.6. The topological polar surface area (TPSA) is 76.4 Å². The highest BCUT2D eigenvalue weighted by Gasteiger charge is 2.06. The lowest BCUT2D eigenvalue weighted by atomic mass is 10.3. The van der Waals surface area contributed by atoms with Gasteiger partial charge >= 0.3 is 0 Å². The summed E-state index contributed by atoms with van der Waals surface area (Å²) in [6.07, 6.45) is 5.53. The van der Waals surface area contributed by atoms with Gasteiger partial charge in [0.1, 0.15) is 5.76 Å². The summed E-state index contributed by atoms with van der Waals surface area (Å²) in [5.74, 6) is 0.251. The summed E-state index contributed by atoms with van der Waals surface area (Å²) in [4.78, 5) is 11.8. The van der Waals surface area contributed by atoms with E-state index in [1.54, 1.807) is 18.2 Å². The summed E-state index contributed by atoms with van der Waals surface area (Å²) in [6.45, 7) is 0. The van der Waals surface area contributed by atoms with Crippen LogP contribution in [0.2, 0.25) is 0 Å². The summed E-state index contributed by atoms with van der Waals surface area (Å²) in [5, 5.41) is 2.62. The molecule has 0 fully saturated rings. The van der Waals surface area contributed by atoms with Crippen LogP contribution in [0.15, 0.2) is 58.1 Å². The zero-order chi connectivity index (χ0) is 14.6. The number of amides is 1. The molecular weight excluding hydrogens is 278 g/mol. The molecule has 0 aliphatic carbocycles. The Hall–Kier alpha value is -2.34. The van der Waals surface area contributed by atoms with E-state index in [1.165, 1.54) is 36.6 Å². The third-order valence-electron chi connectivity index (χ3n) is 2.49. The van der Waals surface area contributed by atoms with Crippen LogP contribution in [0, 0.1) is 0 Å². The van der Waals surface area contributed by atoms with E-state index in [0.717, 1.165) is 6.26 Å². The molecule has 0 radical (unpaired) electrons. The molecule has 0 saturated carbocycles. The van der Waals surface area contributed by atoms with Gasteiger partial charge in [0.05, 0.1) is 11.2 Å². The number of benzene rings is 1. The number of carbonyl (C=O) groups excluding carboxylic acids is 1. The Morgan fingerprint density at radius 3 is 2.45 bits per heavy atom. The molecule has 2 aromatic rings. The fourth-order valence-corrected chi connectivity index (χ4v) is 2.14. The Morgan fingerprint density at radius 1 is 1.20 bits per heavy atom. The molecule has 0 spiro atoms. The monoisotopic (exact) mass is 291 g/mol. The molecule has 0 aliphatic heterocycles. The van der Waals surface area contributed by atoms with Crippen molar-refractivity contribution in [3.8, 4) is 0 Å². The fourth-order valence-electron chi connectivity index (χ4n) is 1.51. The predicted octanol–water partition coefficient (Wildman–Crippen LogP) is 2.34. The molecule has 6 heteroatoms. The zero-order valence-corrected chi connectivity index (χ0v) is 11.6. The molecule has 0 saturated heterocycles. The van der Waals surface area contributed by atoms with Gasteiger partial charge < -0.3 is 9.73 Å². The van der Waals surface area contributed by atoms with Crippen LogP contribution in [-0.2, 0) is 14.6 Å². The predicted molar refractivity (Wildman–Crippen MR) is 75.9 cm³/mol. The maximum absolute atomic E-state index is 11.6. The maximum atomic E-state index is 11.6. The lowest BCUT2D eigenvalue weighted by Gasteiger charge is -2.03. The summed E-state index contributed by atoms with van der Waals surface area (Å²) >= 11 is 0. The SMILES string of the molecule is CS(=O)(=O)c1ccc(NC(=O)/C=C/c2ccco2)cc1. The van der Waals surface area contributed by atoms with Gasteiger partial charge in [-0.25, -0.2) is 8.42 Å². The van der Waals surface area contributed by atoms with Crippen LogP contribution in [0.4, 0.5) is 5.69 Å². The van der Waals surface area contributed by atoms with E-state index < -0.39 is 9.84 Å². The van der Waals surface area contributed by atoms with Gasteiger partial charge in [-0.1, -0.05) is 0 Å². The zero-order valence-electron chi connectivity index (χ0n) is 10.7. The van der Waals surface area contributed by atoms with Gasteiger partial charge in [0, 0.05) is 18.0 Å². The van der Waals surface area contributed by atoms with Gasteiger partial charge in [0.25, 0.3) is 0 Å². The first-order chi connectivity index (χ1) is 9.45. The first kappa shape index (κ1) is 14.1. The Labute approximate surface area is 116 Å². The molecule has 2 rings (SSSR count). The van der Waals surface area contributed by atoms with Crippen LogP contribution in [0.25, 0.3) is 6.08 Å². The van der Waals surface area contributed by atoms with E-state index in [2.05, 4.69) is 5.32 Å². The highest BCUT2D eigenvalue weighted by atomic mass is 32.2. The quantitative estimate of drug-likeness (QED) is 0.877. The average Bonchev–Trinajstić information content (AvgIpc) is 2.89. The number of furan rings is 1. The summed E-state index contributed by atoms with van der Waals surface area (Å²) in [7, 11) is -3.23. The van der Waals surface area contributed by atoms with E-state index >= 15 is 0 Å². The molecule has 1 aromatic carbocycles. The number of carbonyl (C=O) groups is 1. The third-order valence-corrected chi connectivity index (χ3v) is 3.62. The first-order valence-electron chi connectivity index (χ1n) is 5.78. The van der Waals surface area contributed by atoms with Crippen molar-refractivity contribution in [2.75, 3.05) is 11.6 Å². The molecule has 0 bridgehead atoms. The number of hydrogen-bond acceptors (Lipinski definition) is 4. The second-order valence-corrected chi connectivity index (χ2v) is 6.15. The molecule has 104 valence electrons. The molecule has 1 amide bonds. The van der Waals surface area contributed by atoms with Crippen LogP contribution >= 0.6 is 0 Å². The minimum atomic E-state index is -3.23. The maximum Gasteiger partial charge on any atom is 0.248 e. The van der Waals surface area contributed by atoms with Crippen molar-refractivity contribution in [1.29, 1.82) is 0 Å². The Bertz CT molecular complexity index is 713. The number of nitrogens with one attached hydrogen (secondary N) is 1. The molecule has 5 nitrogen and oxygen atoms in total. The second kappa shape index (κ2) is 5.75. The van der Waals surface area contributed by atoms with Crippen molar-refractivity contribution in [2.45, 2.75) is 4.90 Å². The van der Waals surface area contributed by atoms with Crippen molar-refractivity contribution >= 4 is 27.5 Å². The molecule has 1 heterocycles. The van der Waals surface area contributed by atoms with Crippen molar-refractivity contribution in [3.63, 3.8) is 0 Å². The second-order valence-electron chi connectivity index (χ2n) is 4.13. The minimum absolute atomic E-state index is 0.210. The van der Waals surface area contributed by atoms with Crippen LogP contribution in [0.5, 0.6) is 0 Å². The third kappa shape index (κ3) is 3.83. The standard InChI is InChI=1S/C14H13NO4S/c1-20(17,18)13-7-4-11(5-8-13)15-14(16)9-6-12-3-2-10-19-12/h2-10H,1H3,(H,15,16)/b9-6+. The van der Waals surface area contributed by atoms with Crippen molar-refractivity contribution in [1.82, 2.24) is 0 Å². The van der Waals surface area contributed by atoms with Crippen molar-refractivity contribution in [3.05, 3.63) is 54.5 Å². The smallest absolute Gasteiger partial charge is 0.248 e. The van der Waals surface area contributed by atoms with Crippen LogP contribution in [0.3, 0.4) is 0 Å². The van der Waals surface area contributed by atoms with Crippen LogP contribution < -0.4 is 5.32 Å². The lowest BCUT2D eigenvalue weighted by molar-refractivity contribution is -0.111. The fraction of sp³-hybridized carbons (Fsp3) is 0.0714. The van der Waals surface area contributed by atoms with Gasteiger partial charge in [0.2, 0.25) is 5.91 Å². The van der Waals surface area contributed by atoms with E-state index in [-0.39, 0.29) is 10.8 Å². The lowest BCUT2D eigenvalue weighted by Crippen LogP contribution is -2.07. The van der Waals surface area contributed by atoms with Crippen LogP contribution in [-0.4, -0.2) is 20.6 Å². The van der Waals surface area contributed by atoms with E-state index in [1.807, 2.05) is 0 Å². The van der Waals surface area contributed by atoms with Gasteiger partial charge in [-0.3, -0.25) is 4.79 Å². The molecule has 1 aromatic heterocycles. The normalized spacial score (nSPS) is 11.7. The molecule has 20 heavy (non-hydrogen) atoms. The van der Waals surface area contributed by atoms with E-state index in [0.29, 0.717) is 11.4 Å². The molecule has 0 aliphatic rings. The van der Waals surface area contributed by atoms with Crippen LogP contribution in [0.1, 0.15) is 5.76 Å². The number of sulfone groups is 1. The highest BCUT2D eigenvalue weighted by molar-refractivity contribution is 7.90. The van der Waals surface area contributed by atoms with Gasteiger partial charge in [-0.15, -0.1) is 0 Å². The van der Waals surface area contributed by atoms with E-state index in [9.17, 15) is 13.2 Å². The number of rotatable bonds is 4. The Kier molecular flexibility index (Phi) is 4.05.